The molecule has 4 fully saturated rings. The molecule has 1 aliphatic carbocycles. The number of nitro groups is 2. The number of nitrogens with one attached hydrogen (secondary N) is 8. The summed E-state index contributed by atoms with van der Waals surface area (Å²) in [6.45, 7) is 11.3. The van der Waals surface area contributed by atoms with Gasteiger partial charge in [0.25, 0.3) is 11.9 Å². The molecule has 3 aliphatic heterocycles. The lowest BCUT2D eigenvalue weighted by Gasteiger charge is -2.34. The van der Waals surface area contributed by atoms with Gasteiger partial charge in [-0.2, -0.15) is 0 Å². The monoisotopic (exact) mass is 1960 g/mol. The van der Waals surface area contributed by atoms with Gasteiger partial charge in [0, 0.05) is 57.6 Å². The molecule has 0 spiro atoms. The number of unbranched alkanes of at least 4 members (excludes halogenated alkanes) is 4. The Balaban J connectivity index is 0.000000386. The molecule has 0 aromatic heterocycles. The van der Waals surface area contributed by atoms with Crippen LogP contribution in [-0.4, -0.2) is 285 Å². The molecule has 4 aromatic rings. The van der Waals surface area contributed by atoms with E-state index in [4.69, 9.17) is 65.9 Å². The smallest absolute Gasteiger partial charge is 0.329 e. The average molecular weight is 1970 g/mol. The van der Waals surface area contributed by atoms with Crippen molar-refractivity contribution in [3.63, 3.8) is 0 Å². The minimum absolute atomic E-state index is 0.00224. The van der Waals surface area contributed by atoms with Crippen molar-refractivity contribution in [2.24, 2.45) is 44.9 Å². The van der Waals surface area contributed by atoms with Crippen molar-refractivity contribution in [3.8, 4) is 0 Å². The summed E-state index contributed by atoms with van der Waals surface area (Å²) in [7, 11) is 1.84. The molecule has 3 saturated heterocycles. The van der Waals surface area contributed by atoms with Crippen molar-refractivity contribution in [3.05, 3.63) is 164 Å². The SMILES string of the molecule is CCCCCC(NC(=O)C(N)C(C)OCc1ccccc1)C(=O)N1CCCC1C(=O)C1CCCC1C(=O)NC(CCCNC(N)=N[N+](=O)[O-])C(=O)OCc1ccccc1.CCCCCC(NC(=O)C(NC(=O)COCCOCCN)C(C)OCc1ccccc1)C(=O)N1CCCC1C(=O)N1CCCC1C(=O)NC(CCCN=C(N)N[N+](=O)[O-])C(=O)OCc1ccccc1.CNCCOCCOCC(=O)O. The van der Waals surface area contributed by atoms with Gasteiger partial charge in [0.05, 0.1) is 71.1 Å². The Morgan fingerprint density at radius 1 is 0.493 bits per heavy atom. The van der Waals surface area contributed by atoms with Gasteiger partial charge in [-0.25, -0.2) is 39.6 Å². The summed E-state index contributed by atoms with van der Waals surface area (Å²) >= 11 is 0. The number of likely N-dealkylation sites (N-methyl/N-ethyl adjacent to an activating group) is 1. The third-order valence-corrected chi connectivity index (χ3v) is 23.7. The molecule has 0 bridgehead atoms. The quantitative estimate of drug-likeness (QED) is 0.00750. The van der Waals surface area contributed by atoms with Crippen molar-refractivity contribution in [1.29, 1.82) is 0 Å². The molecule has 4 aliphatic rings. The number of carboxylic acids is 1. The lowest BCUT2D eigenvalue weighted by Crippen LogP contribution is -2.60. The number of aliphatic carboxylic acids is 1. The number of hydrogen-bond acceptors (Lipinski definition) is 28. The molecule has 17 N–H and O–H groups in total. The zero-order valence-corrected chi connectivity index (χ0v) is 81.0. The number of nitrogens with two attached hydrogens (primary N) is 4. The maximum absolute atomic E-state index is 14.6. The molecule has 3 heterocycles. The van der Waals surface area contributed by atoms with Gasteiger partial charge in [0.15, 0.2) is 15.8 Å². The van der Waals surface area contributed by atoms with Gasteiger partial charge in [0.2, 0.25) is 47.3 Å². The molecule has 1 saturated carbocycles. The first-order chi connectivity index (χ1) is 67.5. The molecular formula is C96H145N19O25. The second-order valence-corrected chi connectivity index (χ2v) is 34.3. The zero-order chi connectivity index (χ0) is 102. The van der Waals surface area contributed by atoms with E-state index in [1.54, 1.807) is 60.6 Å². The number of Topliss-reactive ketones (excluding diaryl/α,β-unsaturated/α-hetero) is 1. The number of carbonyl (C=O) groups excluding carboxylic acids is 11. The largest absolute Gasteiger partial charge is 0.480 e. The second kappa shape index (κ2) is 66.4. The summed E-state index contributed by atoms with van der Waals surface area (Å²) in [5, 5.41) is 50.3. The van der Waals surface area contributed by atoms with Crippen LogP contribution < -0.4 is 65.6 Å². The number of esters is 2. The molecule has 8 rings (SSSR count). The lowest BCUT2D eigenvalue weighted by molar-refractivity contribution is -0.525. The normalized spacial score (nSPS) is 17.9. The number of guanidine groups is 2. The summed E-state index contributed by atoms with van der Waals surface area (Å²) in [6, 6.07) is 27.8. The molecule has 4 aromatic carbocycles. The summed E-state index contributed by atoms with van der Waals surface area (Å²) in [5.74, 6) is -8.82. The predicted octanol–water partition coefficient (Wildman–Crippen LogP) is 3.61. The minimum atomic E-state index is -1.23. The predicted molar refractivity (Wildman–Crippen MR) is 515 cm³/mol. The fourth-order valence-corrected chi connectivity index (χ4v) is 16.2. The summed E-state index contributed by atoms with van der Waals surface area (Å²) < 4.78 is 43.6. The highest BCUT2D eigenvalue weighted by atomic mass is 16.7. The van der Waals surface area contributed by atoms with Crippen LogP contribution in [0.25, 0.3) is 0 Å². The highest BCUT2D eigenvalue weighted by molar-refractivity contribution is 5.99. The summed E-state index contributed by atoms with van der Waals surface area (Å²) in [5.41, 5.74) is 27.9. The first kappa shape index (κ1) is 116. The van der Waals surface area contributed by atoms with E-state index in [1.165, 1.54) is 9.80 Å². The Labute approximate surface area is 817 Å². The molecule has 0 radical (unpaired) electrons. The van der Waals surface area contributed by atoms with Gasteiger partial charge in [-0.05, 0) is 133 Å². The Hall–Kier alpha value is -12.3. The topological polar surface area (TPSA) is 620 Å². The van der Waals surface area contributed by atoms with Gasteiger partial charge in [-0.15, -0.1) is 0 Å². The number of ketones is 1. The summed E-state index contributed by atoms with van der Waals surface area (Å²) in [6.07, 6.45) is 8.56. The van der Waals surface area contributed by atoms with Crippen LogP contribution in [0.3, 0.4) is 0 Å². The molecule has 44 nitrogen and oxygen atoms in total. The van der Waals surface area contributed by atoms with Crippen molar-refractivity contribution in [2.45, 2.75) is 256 Å². The third-order valence-electron chi connectivity index (χ3n) is 23.7. The van der Waals surface area contributed by atoms with Crippen LogP contribution in [0.1, 0.15) is 185 Å². The van der Waals surface area contributed by atoms with Crippen molar-refractivity contribution >= 4 is 82.9 Å². The van der Waals surface area contributed by atoms with E-state index in [0.29, 0.717) is 117 Å². The number of amides is 8. The van der Waals surface area contributed by atoms with Crippen LogP contribution in [0.15, 0.2) is 131 Å². The standard InChI is InChI=1S/C47H70N10O12.C42H60N8O9.C7H15NO4/c1-3-4-7-19-36(51-43(60)41(33(2)68-30-34-15-8-5-9-16-34)53-40(58)32-67-29-28-66-27-23-48)44(61)56-26-14-22-39(56)45(62)55-25-13-21-38(55)42(59)52-37(20-12-24-50-47(49)54-57(64)65)46(63)69-31-35-17-10-6-11-18-35;1-3-4-7-21-33(46-39(53)36(43)28(2)58-26-29-15-8-5-9-16-29)40(54)49-25-14-23-35(49)37(51)31-19-12-20-32(31)38(52)47-34(22-13-24-45-42(44)48-50(56)57)41(55)59-27-30-17-10-6-11-18-30;1-8-2-3-11-4-5-12-6-7(9)10/h5-6,8-11,15-18,33,36-39,41H,3-4,7,12-14,19-32,48H2,1-2H3,(H,51,60)(H,52,59)(H,53,58)(H3,49,50,54);5-6,8-11,15-18,28,31-36H,3-4,7,12-14,19-27,43H2,1-2H3,(H,46,53)(H,47,52)(H3,44,45,48);8H,2-6H2,1H3,(H,9,10). The van der Waals surface area contributed by atoms with Crippen LogP contribution in [0.2, 0.25) is 0 Å². The minimum Gasteiger partial charge on any atom is -0.480 e. The van der Waals surface area contributed by atoms with Gasteiger partial charge in [-0.3, -0.25) is 43.2 Å². The molecular weight excluding hydrogens is 1820 g/mol. The lowest BCUT2D eigenvalue weighted by atomic mass is 9.86. The van der Waals surface area contributed by atoms with E-state index in [-0.39, 0.29) is 123 Å². The molecule has 774 valence electrons. The van der Waals surface area contributed by atoms with Gasteiger partial charge < -0.3 is 118 Å². The van der Waals surface area contributed by atoms with E-state index < -0.39 is 160 Å². The van der Waals surface area contributed by atoms with E-state index in [9.17, 15) is 77.8 Å². The zero-order valence-electron chi connectivity index (χ0n) is 81.0. The Kier molecular flexibility index (Phi) is 55.2. The highest BCUT2D eigenvalue weighted by Gasteiger charge is 2.48. The van der Waals surface area contributed by atoms with Crippen LogP contribution >= 0.6 is 0 Å². The van der Waals surface area contributed by atoms with Gasteiger partial charge in [-0.1, -0.05) is 186 Å². The Bertz CT molecular complexity index is 4520. The number of rotatable bonds is 61. The number of likely N-dealkylation sites (tertiary alicyclic amines) is 3. The fraction of sp³-hybridized carbons (Fsp3) is 0.604. The number of carboxylic acid groups (broad SMARTS) is 1. The number of aliphatic imine (C=N–C) groups is 1. The van der Waals surface area contributed by atoms with Crippen molar-refractivity contribution in [1.82, 2.24) is 57.3 Å². The van der Waals surface area contributed by atoms with Crippen molar-refractivity contribution in [2.75, 3.05) is 106 Å². The maximum Gasteiger partial charge on any atom is 0.329 e. The highest BCUT2D eigenvalue weighted by Crippen LogP contribution is 2.37. The van der Waals surface area contributed by atoms with Crippen LogP contribution in [0.4, 0.5) is 0 Å². The van der Waals surface area contributed by atoms with Gasteiger partial charge in [0.1, 0.15) is 79.9 Å². The van der Waals surface area contributed by atoms with E-state index in [2.05, 4.69) is 47.3 Å². The van der Waals surface area contributed by atoms with E-state index >= 15 is 0 Å². The molecule has 8 amide bonds. The number of hydrazone groups is 1. The molecule has 44 heteroatoms. The number of nitrogens with zero attached hydrogens (tertiary/aromatic N) is 7. The van der Waals surface area contributed by atoms with Crippen LogP contribution in [-0.2, 0) is 122 Å². The number of ether oxygens (including phenoxy) is 8. The number of carbonyl (C=O) groups is 12. The van der Waals surface area contributed by atoms with Gasteiger partial charge >= 0.3 is 17.9 Å². The number of benzene rings is 4. The molecule has 140 heavy (non-hydrogen) atoms. The van der Waals surface area contributed by atoms with E-state index in [1.807, 2.05) is 106 Å². The Morgan fingerprint density at radius 2 is 0.957 bits per heavy atom. The van der Waals surface area contributed by atoms with Crippen LogP contribution in [0, 0.1) is 32.1 Å². The molecule has 13 atom stereocenters. The third kappa shape index (κ3) is 43.2. The molecule has 13 unspecified atom stereocenters. The maximum atomic E-state index is 14.6. The second-order valence-electron chi connectivity index (χ2n) is 34.3. The first-order valence-corrected chi connectivity index (χ1v) is 48.2. The average Bonchev–Trinajstić information content (AvgIpc) is 1.66. The number of hydrogen-bond donors (Lipinski definition) is 13. The van der Waals surface area contributed by atoms with E-state index in [0.717, 1.165) is 54.5 Å². The van der Waals surface area contributed by atoms with Crippen molar-refractivity contribution < 1.29 is 111 Å². The Morgan fingerprint density at radius 3 is 1.48 bits per heavy atom. The first-order valence-electron chi connectivity index (χ1n) is 48.2. The summed E-state index contributed by atoms with van der Waals surface area (Å²) in [4.78, 5) is 193. The number of hydrazine groups is 1. The fourth-order valence-electron chi connectivity index (χ4n) is 16.2. The van der Waals surface area contributed by atoms with Crippen LogP contribution in [0.5, 0.6) is 0 Å².